The summed E-state index contributed by atoms with van der Waals surface area (Å²) in [6.07, 6.45) is 3.44. The van der Waals surface area contributed by atoms with Crippen LogP contribution in [0.15, 0.2) is 40.9 Å². The molecule has 0 atom stereocenters. The first-order valence-corrected chi connectivity index (χ1v) is 11.6. The number of hydrogen-bond acceptors (Lipinski definition) is 2. The lowest BCUT2D eigenvalue weighted by Gasteiger charge is -2.09. The molecule has 2 nitrogen and oxygen atoms in total. The smallest absolute Gasteiger partial charge is 0.169 e. The molecule has 3 rings (SSSR count). The van der Waals surface area contributed by atoms with E-state index in [-0.39, 0.29) is 5.78 Å². The second kappa shape index (κ2) is 9.04. The topological polar surface area (TPSA) is 22.0 Å². The van der Waals surface area contributed by atoms with Crippen molar-refractivity contribution in [3.63, 3.8) is 0 Å². The summed E-state index contributed by atoms with van der Waals surface area (Å²) in [7, 11) is 0. The highest BCUT2D eigenvalue weighted by Gasteiger charge is 2.23. The molecule has 0 unspecified atom stereocenters. The van der Waals surface area contributed by atoms with E-state index in [4.69, 9.17) is 23.2 Å². The molecule has 0 aliphatic rings. The molecule has 0 spiro atoms. The normalized spacial score (nSPS) is 11.3. The van der Waals surface area contributed by atoms with Crippen molar-refractivity contribution in [1.82, 2.24) is 4.57 Å². The predicted octanol–water partition coefficient (Wildman–Crippen LogP) is 7.20. The maximum Gasteiger partial charge on any atom is 0.169 e. The minimum Gasteiger partial charge on any atom is -0.343 e. The van der Waals surface area contributed by atoms with Gasteiger partial charge in [0.15, 0.2) is 5.78 Å². The maximum atomic E-state index is 13.2. The highest BCUT2D eigenvalue weighted by atomic mass is 79.9. The predicted molar refractivity (Wildman–Crippen MR) is 122 cm³/mol. The molecular weight excluding hydrogens is 465 g/mol. The number of fused-ring (bicyclic) bond motifs is 1. The number of halogens is 3. The van der Waals surface area contributed by atoms with Gasteiger partial charge in [-0.1, -0.05) is 63.4 Å². The number of hydrogen-bond donors (Lipinski definition) is 0. The molecule has 0 saturated carbocycles. The molecule has 0 aliphatic carbocycles. The maximum absolute atomic E-state index is 13.2. The van der Waals surface area contributed by atoms with Gasteiger partial charge in [-0.05, 0) is 43.0 Å². The van der Waals surface area contributed by atoms with Gasteiger partial charge in [0.2, 0.25) is 0 Å². The lowest BCUT2D eigenvalue weighted by atomic mass is 10.0. The van der Waals surface area contributed by atoms with Gasteiger partial charge < -0.3 is 4.57 Å². The summed E-state index contributed by atoms with van der Waals surface area (Å²) in [6.45, 7) is 2.81. The molecule has 1 heterocycles. The number of nitrogens with zero attached hydrogens (tertiary/aromatic N) is 1. The van der Waals surface area contributed by atoms with E-state index in [1.54, 1.807) is 6.07 Å². The Labute approximate surface area is 182 Å². The van der Waals surface area contributed by atoms with Crippen LogP contribution >= 0.6 is 50.9 Å². The van der Waals surface area contributed by atoms with E-state index >= 15 is 0 Å². The van der Waals surface area contributed by atoms with Crippen LogP contribution in [0.1, 0.15) is 28.0 Å². The van der Waals surface area contributed by atoms with Crippen molar-refractivity contribution in [3.05, 3.63) is 67.7 Å². The van der Waals surface area contributed by atoms with Gasteiger partial charge in [0.05, 0.1) is 15.6 Å². The Hall–Kier alpha value is -0.940. The fourth-order valence-electron chi connectivity index (χ4n) is 3.40. The first-order valence-electron chi connectivity index (χ1n) is 8.68. The van der Waals surface area contributed by atoms with Crippen LogP contribution in [-0.4, -0.2) is 22.4 Å². The molecule has 0 fully saturated rings. The second-order valence-corrected chi connectivity index (χ2v) is 9.03. The Morgan fingerprint density at radius 1 is 1.19 bits per heavy atom. The molecule has 0 N–H and O–H groups in total. The fourth-order valence-corrected chi connectivity index (χ4v) is 4.67. The Balaban J connectivity index is 2.09. The zero-order valence-corrected chi connectivity index (χ0v) is 19.1. The van der Waals surface area contributed by atoms with Gasteiger partial charge in [0, 0.05) is 34.1 Å². The van der Waals surface area contributed by atoms with E-state index in [9.17, 15) is 4.79 Å². The highest BCUT2D eigenvalue weighted by Crippen LogP contribution is 2.37. The zero-order chi connectivity index (χ0) is 19.6. The minimum absolute atomic E-state index is 0.0893. The monoisotopic (exact) mass is 483 g/mol. The van der Waals surface area contributed by atoms with Crippen molar-refractivity contribution in [1.29, 1.82) is 0 Å². The van der Waals surface area contributed by atoms with Crippen molar-refractivity contribution >= 4 is 67.6 Å². The third-order valence-corrected chi connectivity index (χ3v) is 6.96. The summed E-state index contributed by atoms with van der Waals surface area (Å²) in [5.41, 5.74) is 3.53. The van der Waals surface area contributed by atoms with Gasteiger partial charge in [-0.15, -0.1) is 0 Å². The van der Waals surface area contributed by atoms with Gasteiger partial charge in [-0.25, -0.2) is 0 Å². The van der Waals surface area contributed by atoms with Crippen molar-refractivity contribution < 1.29 is 4.79 Å². The number of rotatable bonds is 7. The molecule has 0 amide bonds. The fraction of sp³-hybridized carbons (Fsp3) is 0.286. The SMILES string of the molecule is CSCCCn1c(C)c(C(=O)Cc2ccccc2Br)c2ccc(Cl)c(Cl)c21. The van der Waals surface area contributed by atoms with Crippen molar-refractivity contribution in [2.24, 2.45) is 0 Å². The minimum atomic E-state index is 0.0893. The standard InChI is InChI=1S/C21H20BrCl2NOS/c1-13-19(18(26)12-14-6-3-4-7-16(14)22)15-8-9-17(23)20(24)21(15)25(13)10-5-11-27-2/h3-4,6-9H,5,10-12H2,1-2H3. The van der Waals surface area contributed by atoms with Gasteiger partial charge in [-0.2, -0.15) is 11.8 Å². The van der Waals surface area contributed by atoms with E-state index < -0.39 is 0 Å². The van der Waals surface area contributed by atoms with E-state index in [1.165, 1.54) is 0 Å². The summed E-state index contributed by atoms with van der Waals surface area (Å²) < 4.78 is 3.09. The van der Waals surface area contributed by atoms with Crippen LogP contribution in [0.4, 0.5) is 0 Å². The van der Waals surface area contributed by atoms with Crippen LogP contribution in [0.3, 0.4) is 0 Å². The average Bonchev–Trinajstić information content (AvgIpc) is 2.93. The first kappa shape index (κ1) is 20.8. The van der Waals surface area contributed by atoms with E-state index in [0.717, 1.165) is 50.9 Å². The highest BCUT2D eigenvalue weighted by molar-refractivity contribution is 9.10. The largest absolute Gasteiger partial charge is 0.343 e. The molecule has 0 radical (unpaired) electrons. The second-order valence-electron chi connectivity index (χ2n) is 6.41. The van der Waals surface area contributed by atoms with Crippen LogP contribution in [0.25, 0.3) is 10.9 Å². The summed E-state index contributed by atoms with van der Waals surface area (Å²) in [5.74, 6) is 1.14. The number of aromatic nitrogens is 1. The van der Waals surface area contributed by atoms with Gasteiger partial charge >= 0.3 is 0 Å². The van der Waals surface area contributed by atoms with Crippen LogP contribution in [-0.2, 0) is 13.0 Å². The van der Waals surface area contributed by atoms with Crippen LogP contribution in [0.2, 0.25) is 10.0 Å². The zero-order valence-electron chi connectivity index (χ0n) is 15.2. The number of thioether (sulfide) groups is 1. The molecule has 0 bridgehead atoms. The molecular formula is C21H20BrCl2NOS. The van der Waals surface area contributed by atoms with Crippen LogP contribution < -0.4 is 0 Å². The third-order valence-electron chi connectivity index (χ3n) is 4.69. The quantitative estimate of drug-likeness (QED) is 0.261. The van der Waals surface area contributed by atoms with Crippen molar-refractivity contribution in [2.45, 2.75) is 26.3 Å². The summed E-state index contributed by atoms with van der Waals surface area (Å²) >= 11 is 18.2. The van der Waals surface area contributed by atoms with E-state index in [1.807, 2.05) is 49.0 Å². The van der Waals surface area contributed by atoms with Crippen LogP contribution in [0.5, 0.6) is 0 Å². The van der Waals surface area contributed by atoms with Crippen molar-refractivity contribution in [3.8, 4) is 0 Å². The number of benzene rings is 2. The molecule has 3 aromatic rings. The number of carbonyl (C=O) groups is 1. The van der Waals surface area contributed by atoms with Gasteiger partial charge in [0.25, 0.3) is 0 Å². The molecule has 6 heteroatoms. The van der Waals surface area contributed by atoms with E-state index in [0.29, 0.717) is 16.5 Å². The molecule has 142 valence electrons. The Bertz CT molecular complexity index is 1000. The molecule has 0 saturated heterocycles. The lowest BCUT2D eigenvalue weighted by molar-refractivity contribution is 0.0993. The summed E-state index contributed by atoms with van der Waals surface area (Å²) in [4.78, 5) is 13.2. The molecule has 27 heavy (non-hydrogen) atoms. The lowest BCUT2D eigenvalue weighted by Crippen LogP contribution is -2.08. The number of ketones is 1. The molecule has 2 aromatic carbocycles. The molecule has 1 aromatic heterocycles. The number of Topliss-reactive ketones (excluding diaryl/α,β-unsaturated/α-hetero) is 1. The number of carbonyl (C=O) groups excluding carboxylic acids is 1. The number of aryl methyl sites for hydroxylation is 1. The Morgan fingerprint density at radius 2 is 1.93 bits per heavy atom. The summed E-state index contributed by atoms with van der Waals surface area (Å²) in [5, 5.41) is 1.90. The average molecular weight is 485 g/mol. The van der Waals surface area contributed by atoms with Crippen molar-refractivity contribution in [2.75, 3.05) is 12.0 Å². The van der Waals surface area contributed by atoms with E-state index in [2.05, 4.69) is 26.8 Å². The Morgan fingerprint density at radius 3 is 2.63 bits per heavy atom. The third kappa shape index (κ3) is 4.24. The van der Waals surface area contributed by atoms with Gasteiger partial charge in [0.1, 0.15) is 0 Å². The first-order chi connectivity index (χ1) is 13.0. The summed E-state index contributed by atoms with van der Waals surface area (Å²) in [6, 6.07) is 11.5. The van der Waals surface area contributed by atoms with Gasteiger partial charge in [-0.3, -0.25) is 4.79 Å². The Kier molecular flexibility index (Phi) is 6.96. The van der Waals surface area contributed by atoms with Crippen LogP contribution in [0, 0.1) is 6.92 Å². The molecule has 0 aliphatic heterocycles.